The molecule has 3 rings (SSSR count). The van der Waals surface area contributed by atoms with Crippen LogP contribution in [0.4, 0.5) is 13.2 Å². The number of halogens is 3. The van der Waals surface area contributed by atoms with Crippen LogP contribution in [-0.2, 0) is 11.0 Å². The van der Waals surface area contributed by atoms with E-state index in [1.807, 2.05) is 0 Å². The van der Waals surface area contributed by atoms with Crippen molar-refractivity contribution in [3.8, 4) is 0 Å². The highest BCUT2D eigenvalue weighted by Crippen LogP contribution is 2.29. The van der Waals surface area contributed by atoms with Crippen molar-refractivity contribution >= 4 is 17.7 Å². The molecule has 1 aliphatic heterocycles. The largest absolute Gasteiger partial charge is 0.463 e. The summed E-state index contributed by atoms with van der Waals surface area (Å²) in [6.45, 7) is 0. The third-order valence-electron chi connectivity index (χ3n) is 2.84. The first-order chi connectivity index (χ1) is 9.95. The number of aromatic nitrogens is 1. The van der Waals surface area contributed by atoms with E-state index in [0.717, 1.165) is 6.07 Å². The lowest BCUT2D eigenvalue weighted by molar-refractivity contribution is -0.140. The lowest BCUT2D eigenvalue weighted by atomic mass is 10.1. The maximum absolute atomic E-state index is 12.5. The van der Waals surface area contributed by atoms with Crippen molar-refractivity contribution in [2.24, 2.45) is 5.10 Å². The molecule has 1 aliphatic rings. The number of hydrogen-bond donors (Lipinski definition) is 2. The van der Waals surface area contributed by atoms with Crippen molar-refractivity contribution in [3.05, 3.63) is 53.2 Å². The molecule has 0 bridgehead atoms. The number of H-pyrrole nitrogens is 1. The molecular weight excluding hydrogens is 287 g/mol. The third-order valence-corrected chi connectivity index (χ3v) is 2.84. The van der Waals surface area contributed by atoms with Crippen molar-refractivity contribution in [3.63, 3.8) is 0 Å². The van der Waals surface area contributed by atoms with E-state index in [9.17, 15) is 18.0 Å². The van der Waals surface area contributed by atoms with Crippen molar-refractivity contribution in [1.82, 2.24) is 10.4 Å². The number of aromatic amines is 1. The molecule has 8 heteroatoms. The van der Waals surface area contributed by atoms with Crippen LogP contribution in [-0.4, -0.2) is 16.6 Å². The maximum atomic E-state index is 12.5. The molecule has 2 N–H and O–H groups in total. The highest BCUT2D eigenvalue weighted by molar-refractivity contribution is 6.32. The van der Waals surface area contributed by atoms with Gasteiger partial charge in [0.05, 0.1) is 11.8 Å². The van der Waals surface area contributed by atoms with E-state index < -0.39 is 17.8 Å². The predicted octanol–water partition coefficient (Wildman–Crippen LogP) is 2.54. The Balaban J connectivity index is 1.96. The zero-order chi connectivity index (χ0) is 15.0. The Morgan fingerprint density at radius 1 is 1.24 bits per heavy atom. The van der Waals surface area contributed by atoms with Gasteiger partial charge in [0.2, 0.25) is 0 Å². The number of carbonyl (C=O) groups is 1. The van der Waals surface area contributed by atoms with Crippen molar-refractivity contribution in [1.29, 1.82) is 0 Å². The number of alkyl halides is 3. The van der Waals surface area contributed by atoms with Gasteiger partial charge in [0, 0.05) is 5.69 Å². The quantitative estimate of drug-likeness (QED) is 0.836. The molecule has 0 atom stereocenters. The molecular formula is C13H8F3N3O2. The molecule has 108 valence electrons. The van der Waals surface area contributed by atoms with Crippen LogP contribution in [0, 0.1) is 0 Å². The van der Waals surface area contributed by atoms with Crippen LogP contribution in [0.2, 0.25) is 0 Å². The first-order valence-corrected chi connectivity index (χ1v) is 5.85. The van der Waals surface area contributed by atoms with Crippen molar-refractivity contribution < 1.29 is 22.4 Å². The number of amides is 1. The Hall–Kier alpha value is -2.77. The summed E-state index contributed by atoms with van der Waals surface area (Å²) in [6, 6.07) is 5.36. The molecule has 1 amide bonds. The number of hydrazone groups is 1. The minimum Gasteiger partial charge on any atom is -0.463 e. The van der Waals surface area contributed by atoms with Crippen LogP contribution in [0.3, 0.4) is 0 Å². The van der Waals surface area contributed by atoms with Gasteiger partial charge in [-0.05, 0) is 30.3 Å². The molecule has 0 spiro atoms. The summed E-state index contributed by atoms with van der Waals surface area (Å²) in [5, 5.41) is 3.81. The van der Waals surface area contributed by atoms with Gasteiger partial charge in [-0.25, -0.2) is 5.43 Å². The summed E-state index contributed by atoms with van der Waals surface area (Å²) in [7, 11) is 0. The highest BCUT2D eigenvalue weighted by atomic mass is 19.4. The van der Waals surface area contributed by atoms with Crippen LogP contribution < -0.4 is 5.43 Å². The van der Waals surface area contributed by atoms with Gasteiger partial charge in [-0.1, -0.05) is 0 Å². The summed E-state index contributed by atoms with van der Waals surface area (Å²) in [5.41, 5.74) is 1.88. The fourth-order valence-electron chi connectivity index (χ4n) is 1.89. The summed E-state index contributed by atoms with van der Waals surface area (Å²) in [5.74, 6) is -0.160. The number of rotatable bonds is 2. The number of nitrogens with zero attached hydrogens (tertiary/aromatic N) is 1. The minimum absolute atomic E-state index is 0.125. The van der Waals surface area contributed by atoms with E-state index in [1.54, 1.807) is 12.1 Å². The Morgan fingerprint density at radius 2 is 2.05 bits per heavy atom. The summed E-state index contributed by atoms with van der Waals surface area (Å²) in [4.78, 5) is 13.9. The topological polar surface area (TPSA) is 70.4 Å². The lowest BCUT2D eigenvalue weighted by Crippen LogP contribution is -2.13. The van der Waals surface area contributed by atoms with E-state index in [0.29, 0.717) is 5.76 Å². The molecule has 2 aromatic heterocycles. The molecule has 0 aromatic carbocycles. The predicted molar refractivity (Wildman–Crippen MR) is 67.2 cm³/mol. The van der Waals surface area contributed by atoms with Gasteiger partial charge in [-0.2, -0.15) is 18.3 Å². The normalized spacial score (nSPS) is 17.2. The highest BCUT2D eigenvalue weighted by Gasteiger charge is 2.32. The van der Waals surface area contributed by atoms with Crippen LogP contribution in [0.1, 0.15) is 17.1 Å². The van der Waals surface area contributed by atoms with E-state index in [2.05, 4.69) is 15.5 Å². The summed E-state index contributed by atoms with van der Waals surface area (Å²) >= 11 is 0. The van der Waals surface area contributed by atoms with E-state index in [1.165, 1.54) is 18.4 Å². The van der Waals surface area contributed by atoms with Crippen LogP contribution >= 0.6 is 0 Å². The van der Waals surface area contributed by atoms with E-state index >= 15 is 0 Å². The van der Waals surface area contributed by atoms with Crippen molar-refractivity contribution in [2.45, 2.75) is 6.18 Å². The van der Waals surface area contributed by atoms with Gasteiger partial charge in [0.25, 0.3) is 5.91 Å². The summed E-state index contributed by atoms with van der Waals surface area (Å²) in [6.07, 6.45) is -1.76. The van der Waals surface area contributed by atoms with Gasteiger partial charge in [-0.15, -0.1) is 0 Å². The second-order valence-corrected chi connectivity index (χ2v) is 4.26. The molecule has 2 aromatic rings. The molecule has 0 radical (unpaired) electrons. The van der Waals surface area contributed by atoms with Gasteiger partial charge >= 0.3 is 6.18 Å². The fraction of sp³-hybridized carbons (Fsp3) is 0.0769. The Kier molecular flexibility index (Phi) is 2.93. The smallest absolute Gasteiger partial charge is 0.431 e. The third kappa shape index (κ3) is 2.47. The van der Waals surface area contributed by atoms with Crippen molar-refractivity contribution in [2.75, 3.05) is 0 Å². The van der Waals surface area contributed by atoms with Crippen LogP contribution in [0.25, 0.3) is 6.08 Å². The van der Waals surface area contributed by atoms with Gasteiger partial charge in [0.15, 0.2) is 5.76 Å². The monoisotopic (exact) mass is 295 g/mol. The first-order valence-electron chi connectivity index (χ1n) is 5.85. The van der Waals surface area contributed by atoms with Gasteiger partial charge in [0.1, 0.15) is 11.4 Å². The zero-order valence-corrected chi connectivity index (χ0v) is 10.4. The van der Waals surface area contributed by atoms with Crippen LogP contribution in [0.15, 0.2) is 45.6 Å². The molecule has 21 heavy (non-hydrogen) atoms. The van der Waals surface area contributed by atoms with Gasteiger partial charge < -0.3 is 9.40 Å². The van der Waals surface area contributed by atoms with E-state index in [4.69, 9.17) is 4.42 Å². The fourth-order valence-corrected chi connectivity index (χ4v) is 1.89. The van der Waals surface area contributed by atoms with Gasteiger partial charge in [-0.3, -0.25) is 4.79 Å². The number of carbonyl (C=O) groups excluding carboxylic acids is 1. The zero-order valence-electron chi connectivity index (χ0n) is 10.4. The number of nitrogens with one attached hydrogen (secondary N) is 2. The molecule has 3 heterocycles. The average Bonchev–Trinajstić information content (AvgIpc) is 3.11. The Bertz CT molecular complexity index is 739. The molecule has 0 saturated carbocycles. The maximum Gasteiger partial charge on any atom is 0.431 e. The standard InChI is InChI=1S/C13H8F3N3O2/c14-13(15,16)10-4-3-7(17-10)6-8-11(18-19-12(8)20)9-2-1-5-21-9/h1-6,17H,(H,19,20). The van der Waals surface area contributed by atoms with Crippen LogP contribution in [0.5, 0.6) is 0 Å². The molecule has 0 aliphatic carbocycles. The number of furan rings is 1. The molecule has 5 nitrogen and oxygen atoms in total. The SMILES string of the molecule is O=C1NN=C(c2ccco2)C1=Cc1ccc(C(F)(F)F)[nH]1. The second-order valence-electron chi connectivity index (χ2n) is 4.26. The second kappa shape index (κ2) is 4.65. The molecule has 0 unspecified atom stereocenters. The Morgan fingerprint density at radius 3 is 2.67 bits per heavy atom. The molecule has 0 fully saturated rings. The summed E-state index contributed by atoms with van der Waals surface area (Å²) < 4.78 is 42.7. The number of hydrogen-bond acceptors (Lipinski definition) is 3. The Labute approximate surface area is 116 Å². The first kappa shape index (κ1) is 13.2. The molecule has 0 saturated heterocycles. The lowest BCUT2D eigenvalue weighted by Gasteiger charge is -2.02. The van der Waals surface area contributed by atoms with E-state index in [-0.39, 0.29) is 17.0 Å². The average molecular weight is 295 g/mol. The minimum atomic E-state index is -4.47.